The number of carbonyl (C=O) groups is 1. The second kappa shape index (κ2) is 7.31. The van der Waals surface area contributed by atoms with Crippen molar-refractivity contribution in [3.05, 3.63) is 0 Å². The van der Waals surface area contributed by atoms with Crippen LogP contribution in [0.15, 0.2) is 0 Å². The zero-order chi connectivity index (χ0) is 12.3. The molecule has 0 aliphatic carbocycles. The topological polar surface area (TPSA) is 35.6 Å². The van der Waals surface area contributed by atoms with Gasteiger partial charge in [0.25, 0.3) is 0 Å². The monoisotopic (exact) mass is 275 g/mol. The van der Waals surface area contributed by atoms with Crippen LogP contribution >= 0.6 is 12.4 Å². The molecule has 1 atom stereocenters. The van der Waals surface area contributed by atoms with Gasteiger partial charge in [-0.2, -0.15) is 0 Å². The first-order valence-electron chi connectivity index (χ1n) is 6.86. The molecule has 0 aromatic carbocycles. The predicted octanol–water partition coefficient (Wildman–Crippen LogP) is 0.960. The van der Waals surface area contributed by atoms with Crippen molar-refractivity contribution in [2.24, 2.45) is 5.92 Å². The molecule has 2 aliphatic rings. The van der Waals surface area contributed by atoms with Crippen LogP contribution in [0, 0.1) is 5.92 Å². The van der Waals surface area contributed by atoms with Crippen molar-refractivity contribution in [2.75, 3.05) is 39.8 Å². The highest BCUT2D eigenvalue weighted by atomic mass is 35.5. The molecule has 4 nitrogen and oxygen atoms in total. The lowest BCUT2D eigenvalue weighted by atomic mass is 9.99. The van der Waals surface area contributed by atoms with Crippen LogP contribution in [0.3, 0.4) is 0 Å². The van der Waals surface area contributed by atoms with E-state index in [1.165, 1.54) is 19.3 Å². The largest absolute Gasteiger partial charge is 0.342 e. The standard InChI is InChI=1S/C13H25N3O.ClH/c1-11-3-7-16(8-4-11)13(17)10-15-6-5-12(9-15)14-2;/h11-12,14H,3-10H2,1-2H3;1H. The number of nitrogens with zero attached hydrogens (tertiary/aromatic N) is 2. The van der Waals surface area contributed by atoms with Gasteiger partial charge in [-0.1, -0.05) is 6.92 Å². The van der Waals surface area contributed by atoms with E-state index in [9.17, 15) is 4.79 Å². The molecule has 2 heterocycles. The van der Waals surface area contributed by atoms with E-state index in [1.54, 1.807) is 0 Å². The van der Waals surface area contributed by atoms with E-state index in [4.69, 9.17) is 0 Å². The summed E-state index contributed by atoms with van der Waals surface area (Å²) in [5.41, 5.74) is 0. The molecular weight excluding hydrogens is 250 g/mol. The number of amides is 1. The zero-order valence-electron chi connectivity index (χ0n) is 11.5. The van der Waals surface area contributed by atoms with E-state index >= 15 is 0 Å². The number of likely N-dealkylation sites (N-methyl/N-ethyl adjacent to an activating group) is 1. The SMILES string of the molecule is CNC1CCN(CC(=O)N2CCC(C)CC2)C1.Cl. The minimum Gasteiger partial charge on any atom is -0.342 e. The number of hydrogen-bond acceptors (Lipinski definition) is 3. The van der Waals surface area contributed by atoms with Crippen molar-refractivity contribution in [1.82, 2.24) is 15.1 Å². The maximum atomic E-state index is 12.1. The number of rotatable bonds is 3. The molecule has 2 saturated heterocycles. The quantitative estimate of drug-likeness (QED) is 0.833. The van der Waals surface area contributed by atoms with E-state index in [-0.39, 0.29) is 12.4 Å². The first kappa shape index (κ1) is 15.7. The molecule has 2 rings (SSSR count). The van der Waals surface area contributed by atoms with Gasteiger partial charge in [0.15, 0.2) is 0 Å². The Labute approximate surface area is 116 Å². The fourth-order valence-electron chi connectivity index (χ4n) is 2.76. The van der Waals surface area contributed by atoms with Crippen LogP contribution in [-0.2, 0) is 4.79 Å². The molecule has 0 spiro atoms. The Bertz CT molecular complexity index is 267. The van der Waals surface area contributed by atoms with E-state index in [2.05, 4.69) is 17.1 Å². The van der Waals surface area contributed by atoms with Gasteiger partial charge in [-0.3, -0.25) is 9.69 Å². The molecule has 18 heavy (non-hydrogen) atoms. The zero-order valence-corrected chi connectivity index (χ0v) is 12.3. The number of nitrogens with one attached hydrogen (secondary N) is 1. The number of likely N-dealkylation sites (tertiary alicyclic amines) is 2. The molecule has 0 saturated carbocycles. The smallest absolute Gasteiger partial charge is 0.236 e. The summed E-state index contributed by atoms with van der Waals surface area (Å²) in [6.07, 6.45) is 3.51. The van der Waals surface area contributed by atoms with Crippen molar-refractivity contribution in [1.29, 1.82) is 0 Å². The van der Waals surface area contributed by atoms with Crippen molar-refractivity contribution in [3.8, 4) is 0 Å². The molecular formula is C13H26ClN3O. The Morgan fingerprint density at radius 3 is 2.44 bits per heavy atom. The van der Waals surface area contributed by atoms with Gasteiger partial charge in [-0.25, -0.2) is 0 Å². The Morgan fingerprint density at radius 1 is 1.22 bits per heavy atom. The van der Waals surface area contributed by atoms with E-state index in [1.807, 2.05) is 11.9 Å². The second-order valence-electron chi connectivity index (χ2n) is 5.57. The average molecular weight is 276 g/mol. The number of halogens is 1. The summed E-state index contributed by atoms with van der Waals surface area (Å²) >= 11 is 0. The molecule has 1 amide bonds. The molecule has 106 valence electrons. The Kier molecular flexibility index (Phi) is 6.39. The van der Waals surface area contributed by atoms with Crippen LogP contribution in [0.2, 0.25) is 0 Å². The van der Waals surface area contributed by atoms with E-state index in [0.29, 0.717) is 18.5 Å². The van der Waals surface area contributed by atoms with Crippen LogP contribution < -0.4 is 5.32 Å². The molecule has 0 aromatic rings. The van der Waals surface area contributed by atoms with Crippen molar-refractivity contribution in [2.45, 2.75) is 32.2 Å². The molecule has 2 aliphatic heterocycles. The van der Waals surface area contributed by atoms with Crippen LogP contribution in [0.4, 0.5) is 0 Å². The lowest BCUT2D eigenvalue weighted by Gasteiger charge is -2.31. The summed E-state index contributed by atoms with van der Waals surface area (Å²) in [4.78, 5) is 16.4. The minimum atomic E-state index is 0. The maximum Gasteiger partial charge on any atom is 0.236 e. The van der Waals surface area contributed by atoms with Gasteiger partial charge in [0.2, 0.25) is 5.91 Å². The van der Waals surface area contributed by atoms with Crippen molar-refractivity contribution < 1.29 is 4.79 Å². The fraction of sp³-hybridized carbons (Fsp3) is 0.923. The lowest BCUT2D eigenvalue weighted by Crippen LogP contribution is -2.44. The molecule has 2 fully saturated rings. The first-order chi connectivity index (χ1) is 8.19. The normalized spacial score (nSPS) is 26.1. The van der Waals surface area contributed by atoms with Crippen molar-refractivity contribution >= 4 is 18.3 Å². The Balaban J connectivity index is 0.00000162. The fourth-order valence-corrected chi connectivity index (χ4v) is 2.76. The average Bonchev–Trinajstić information content (AvgIpc) is 2.77. The first-order valence-corrected chi connectivity index (χ1v) is 6.86. The highest BCUT2D eigenvalue weighted by molar-refractivity contribution is 5.85. The predicted molar refractivity (Wildman–Crippen MR) is 76.1 cm³/mol. The van der Waals surface area contributed by atoms with Gasteiger partial charge in [-0.15, -0.1) is 12.4 Å². The van der Waals surface area contributed by atoms with Gasteiger partial charge in [0.05, 0.1) is 6.54 Å². The van der Waals surface area contributed by atoms with Crippen LogP contribution in [-0.4, -0.2) is 61.5 Å². The summed E-state index contributed by atoms with van der Waals surface area (Å²) in [6, 6.07) is 0.573. The summed E-state index contributed by atoms with van der Waals surface area (Å²) in [5.74, 6) is 1.12. The summed E-state index contributed by atoms with van der Waals surface area (Å²) in [6.45, 7) is 6.90. The van der Waals surface area contributed by atoms with Gasteiger partial charge < -0.3 is 10.2 Å². The molecule has 5 heteroatoms. The third-order valence-electron chi connectivity index (χ3n) is 4.18. The molecule has 0 bridgehead atoms. The molecule has 1 unspecified atom stereocenters. The van der Waals surface area contributed by atoms with Crippen LogP contribution in [0.1, 0.15) is 26.2 Å². The number of piperidine rings is 1. The Hall–Kier alpha value is -0.320. The van der Waals surface area contributed by atoms with Crippen LogP contribution in [0.25, 0.3) is 0 Å². The minimum absolute atomic E-state index is 0. The van der Waals surface area contributed by atoms with Gasteiger partial charge in [0.1, 0.15) is 0 Å². The lowest BCUT2D eigenvalue weighted by molar-refractivity contribution is -0.133. The number of carbonyl (C=O) groups excluding carboxylic acids is 1. The maximum absolute atomic E-state index is 12.1. The summed E-state index contributed by atoms with van der Waals surface area (Å²) < 4.78 is 0. The highest BCUT2D eigenvalue weighted by Crippen LogP contribution is 2.16. The van der Waals surface area contributed by atoms with Gasteiger partial charge >= 0.3 is 0 Å². The second-order valence-corrected chi connectivity index (χ2v) is 5.57. The summed E-state index contributed by atoms with van der Waals surface area (Å²) in [7, 11) is 2.00. The molecule has 0 radical (unpaired) electrons. The highest BCUT2D eigenvalue weighted by Gasteiger charge is 2.26. The molecule has 1 N–H and O–H groups in total. The summed E-state index contributed by atoms with van der Waals surface area (Å²) in [5, 5.41) is 3.29. The van der Waals surface area contributed by atoms with E-state index < -0.39 is 0 Å². The van der Waals surface area contributed by atoms with E-state index in [0.717, 1.165) is 32.1 Å². The van der Waals surface area contributed by atoms with Gasteiger partial charge in [0, 0.05) is 32.2 Å². The third kappa shape index (κ3) is 4.11. The Morgan fingerprint density at radius 2 is 1.89 bits per heavy atom. The third-order valence-corrected chi connectivity index (χ3v) is 4.18. The van der Waals surface area contributed by atoms with Crippen LogP contribution in [0.5, 0.6) is 0 Å². The number of hydrogen-bond donors (Lipinski definition) is 1. The van der Waals surface area contributed by atoms with Crippen molar-refractivity contribution in [3.63, 3.8) is 0 Å². The molecule has 0 aromatic heterocycles. The van der Waals surface area contributed by atoms with Gasteiger partial charge in [-0.05, 0) is 32.2 Å².